The maximum Gasteiger partial charge on any atom is 0.253 e. The Kier molecular flexibility index (Phi) is 6.32. The Hall–Kier alpha value is -3.28. The molecule has 0 aliphatic carbocycles. The Morgan fingerprint density at radius 3 is 2.64 bits per heavy atom. The number of nitrogens with zero attached hydrogens (tertiary/aromatic N) is 2. The zero-order valence-electron chi connectivity index (χ0n) is 16.6. The number of guanidine groups is 1. The van der Waals surface area contributed by atoms with Crippen molar-refractivity contribution in [2.75, 3.05) is 27.7 Å². The van der Waals surface area contributed by atoms with E-state index in [1.54, 1.807) is 26.0 Å². The zero-order valence-corrected chi connectivity index (χ0v) is 16.6. The molecular weight excluding hydrogens is 350 g/mol. The van der Waals surface area contributed by atoms with Gasteiger partial charge in [0.1, 0.15) is 0 Å². The number of aliphatic imine (C=N–C) groups is 1. The summed E-state index contributed by atoms with van der Waals surface area (Å²) in [6, 6.07) is 18.1. The summed E-state index contributed by atoms with van der Waals surface area (Å²) in [5.74, 6) is 0.768. The maximum absolute atomic E-state index is 12.1. The molecule has 28 heavy (non-hydrogen) atoms. The van der Waals surface area contributed by atoms with E-state index in [2.05, 4.69) is 38.8 Å². The smallest absolute Gasteiger partial charge is 0.253 e. The standard InChI is InChI=1S/C22H27N5O/c1-23-22(25-15-19-14-17-8-4-5-10-20(17)26-19)24-12-11-16-7-6-9-18(13-16)21(28)27(2)3/h4-10,13-14,26H,11-12,15H2,1-3H3,(H2,23,24,25). The van der Waals surface area contributed by atoms with E-state index >= 15 is 0 Å². The van der Waals surface area contributed by atoms with Crippen LogP contribution in [0.2, 0.25) is 0 Å². The minimum Gasteiger partial charge on any atom is -0.357 e. The van der Waals surface area contributed by atoms with Gasteiger partial charge in [0.25, 0.3) is 5.91 Å². The van der Waals surface area contributed by atoms with Crippen LogP contribution in [0.4, 0.5) is 0 Å². The first-order valence-corrected chi connectivity index (χ1v) is 9.38. The third-order valence-electron chi connectivity index (χ3n) is 4.54. The van der Waals surface area contributed by atoms with E-state index in [1.165, 1.54) is 5.39 Å². The molecular formula is C22H27N5O. The average molecular weight is 377 g/mol. The van der Waals surface area contributed by atoms with Crippen molar-refractivity contribution < 1.29 is 4.79 Å². The van der Waals surface area contributed by atoms with E-state index < -0.39 is 0 Å². The van der Waals surface area contributed by atoms with Gasteiger partial charge in [-0.15, -0.1) is 0 Å². The molecule has 0 fully saturated rings. The van der Waals surface area contributed by atoms with Crippen molar-refractivity contribution >= 4 is 22.8 Å². The molecule has 0 aliphatic rings. The van der Waals surface area contributed by atoms with Gasteiger partial charge in [-0.3, -0.25) is 9.79 Å². The highest BCUT2D eigenvalue weighted by Crippen LogP contribution is 2.14. The van der Waals surface area contributed by atoms with Gasteiger partial charge in [0.05, 0.1) is 6.54 Å². The number of benzene rings is 2. The van der Waals surface area contributed by atoms with Crippen molar-refractivity contribution in [3.8, 4) is 0 Å². The molecule has 0 saturated heterocycles. The largest absolute Gasteiger partial charge is 0.357 e. The Labute approximate surface area is 165 Å². The van der Waals surface area contributed by atoms with Gasteiger partial charge >= 0.3 is 0 Å². The highest BCUT2D eigenvalue weighted by Gasteiger charge is 2.08. The molecule has 0 saturated carbocycles. The van der Waals surface area contributed by atoms with Crippen LogP contribution in [0.25, 0.3) is 10.9 Å². The number of carbonyl (C=O) groups excluding carboxylic acids is 1. The van der Waals surface area contributed by atoms with Gasteiger partial charge in [-0.05, 0) is 41.6 Å². The van der Waals surface area contributed by atoms with Crippen molar-refractivity contribution in [1.82, 2.24) is 20.5 Å². The van der Waals surface area contributed by atoms with Crippen LogP contribution in [0.3, 0.4) is 0 Å². The first-order valence-electron chi connectivity index (χ1n) is 9.38. The number of aromatic amines is 1. The molecule has 0 spiro atoms. The summed E-state index contributed by atoms with van der Waals surface area (Å²) in [5.41, 5.74) is 4.07. The molecule has 0 radical (unpaired) electrons. The number of aromatic nitrogens is 1. The number of para-hydroxylation sites is 1. The van der Waals surface area contributed by atoms with Crippen LogP contribution in [0.1, 0.15) is 21.6 Å². The summed E-state index contributed by atoms with van der Waals surface area (Å²) in [6.45, 7) is 1.40. The predicted octanol–water partition coefficient (Wildman–Crippen LogP) is 2.78. The number of rotatable bonds is 6. The molecule has 0 bridgehead atoms. The summed E-state index contributed by atoms with van der Waals surface area (Å²) in [6.07, 6.45) is 0.807. The van der Waals surface area contributed by atoms with Crippen LogP contribution in [0, 0.1) is 0 Å². The quantitative estimate of drug-likeness (QED) is 0.457. The van der Waals surface area contributed by atoms with Crippen LogP contribution in [0.5, 0.6) is 0 Å². The third kappa shape index (κ3) is 4.91. The first kappa shape index (κ1) is 19.5. The Balaban J connectivity index is 1.50. The number of hydrogen-bond donors (Lipinski definition) is 3. The highest BCUT2D eigenvalue weighted by molar-refractivity contribution is 5.94. The molecule has 3 rings (SSSR count). The number of hydrogen-bond acceptors (Lipinski definition) is 2. The first-order chi connectivity index (χ1) is 13.6. The summed E-state index contributed by atoms with van der Waals surface area (Å²) in [5, 5.41) is 7.85. The van der Waals surface area contributed by atoms with E-state index in [0.29, 0.717) is 12.1 Å². The summed E-state index contributed by atoms with van der Waals surface area (Å²) < 4.78 is 0. The van der Waals surface area contributed by atoms with Crippen LogP contribution >= 0.6 is 0 Å². The molecule has 1 heterocycles. The molecule has 0 unspecified atom stereocenters. The van der Waals surface area contributed by atoms with Crippen molar-refractivity contribution in [3.63, 3.8) is 0 Å². The van der Waals surface area contributed by atoms with Crippen LogP contribution in [-0.4, -0.2) is 49.4 Å². The number of amides is 1. The Morgan fingerprint density at radius 1 is 1.07 bits per heavy atom. The fourth-order valence-corrected chi connectivity index (χ4v) is 3.07. The molecule has 0 aliphatic heterocycles. The lowest BCUT2D eigenvalue weighted by Crippen LogP contribution is -2.37. The van der Waals surface area contributed by atoms with E-state index in [4.69, 9.17) is 0 Å². The third-order valence-corrected chi connectivity index (χ3v) is 4.54. The topological polar surface area (TPSA) is 72.5 Å². The Bertz CT molecular complexity index is 941. The van der Waals surface area contributed by atoms with Crippen molar-refractivity contribution in [2.45, 2.75) is 13.0 Å². The minimum absolute atomic E-state index is 0.0191. The molecule has 146 valence electrons. The maximum atomic E-state index is 12.1. The Morgan fingerprint density at radius 2 is 1.89 bits per heavy atom. The van der Waals surface area contributed by atoms with Crippen molar-refractivity contribution in [1.29, 1.82) is 0 Å². The van der Waals surface area contributed by atoms with E-state index in [9.17, 15) is 4.79 Å². The molecule has 3 aromatic rings. The van der Waals surface area contributed by atoms with E-state index in [0.717, 1.165) is 35.7 Å². The van der Waals surface area contributed by atoms with Gasteiger partial charge in [0, 0.05) is 44.5 Å². The molecule has 0 atom stereocenters. The van der Waals surface area contributed by atoms with Gasteiger partial charge < -0.3 is 20.5 Å². The van der Waals surface area contributed by atoms with E-state index in [-0.39, 0.29) is 5.91 Å². The predicted molar refractivity (Wildman–Crippen MR) is 115 cm³/mol. The molecule has 1 amide bonds. The SMILES string of the molecule is CN=C(NCCc1cccc(C(=O)N(C)C)c1)NCc1cc2ccccc2[nH]1. The molecule has 6 heteroatoms. The second kappa shape index (κ2) is 9.08. The lowest BCUT2D eigenvalue weighted by molar-refractivity contribution is 0.0827. The monoisotopic (exact) mass is 377 g/mol. The lowest BCUT2D eigenvalue weighted by atomic mass is 10.1. The number of fused-ring (bicyclic) bond motifs is 1. The highest BCUT2D eigenvalue weighted by atomic mass is 16.2. The molecule has 6 nitrogen and oxygen atoms in total. The van der Waals surface area contributed by atoms with Crippen molar-refractivity contribution in [2.24, 2.45) is 4.99 Å². The molecule has 3 N–H and O–H groups in total. The van der Waals surface area contributed by atoms with Crippen LogP contribution in [0.15, 0.2) is 59.6 Å². The normalized spacial score (nSPS) is 11.5. The fraction of sp³-hybridized carbons (Fsp3) is 0.273. The van der Waals surface area contributed by atoms with Gasteiger partial charge in [0.15, 0.2) is 5.96 Å². The van der Waals surface area contributed by atoms with Gasteiger partial charge in [-0.25, -0.2) is 0 Å². The summed E-state index contributed by atoms with van der Waals surface area (Å²) in [4.78, 5) is 21.4. The van der Waals surface area contributed by atoms with Gasteiger partial charge in [-0.2, -0.15) is 0 Å². The van der Waals surface area contributed by atoms with Crippen LogP contribution < -0.4 is 10.6 Å². The minimum atomic E-state index is 0.0191. The zero-order chi connectivity index (χ0) is 19.9. The van der Waals surface area contributed by atoms with Gasteiger partial charge in [0.2, 0.25) is 0 Å². The van der Waals surface area contributed by atoms with Crippen LogP contribution in [-0.2, 0) is 13.0 Å². The second-order valence-corrected chi connectivity index (χ2v) is 6.88. The lowest BCUT2D eigenvalue weighted by Gasteiger charge is -2.13. The molecule has 1 aromatic heterocycles. The van der Waals surface area contributed by atoms with E-state index in [1.807, 2.05) is 36.4 Å². The fourth-order valence-electron chi connectivity index (χ4n) is 3.07. The average Bonchev–Trinajstić information content (AvgIpc) is 3.13. The number of nitrogens with one attached hydrogen (secondary N) is 3. The summed E-state index contributed by atoms with van der Waals surface area (Å²) in [7, 11) is 5.29. The molecule has 2 aromatic carbocycles. The second-order valence-electron chi connectivity index (χ2n) is 6.88. The van der Waals surface area contributed by atoms with Crippen molar-refractivity contribution in [3.05, 3.63) is 71.4 Å². The number of H-pyrrole nitrogens is 1. The summed E-state index contributed by atoms with van der Waals surface area (Å²) >= 11 is 0. The number of carbonyl (C=O) groups is 1. The van der Waals surface area contributed by atoms with Gasteiger partial charge in [-0.1, -0.05) is 30.3 Å².